The van der Waals surface area contributed by atoms with E-state index in [2.05, 4.69) is 29.2 Å². The molecule has 0 spiro atoms. The van der Waals surface area contributed by atoms with E-state index in [0.717, 1.165) is 16.4 Å². The number of benzene rings is 1. The van der Waals surface area contributed by atoms with Crippen molar-refractivity contribution in [1.82, 2.24) is 20.1 Å². The van der Waals surface area contributed by atoms with Gasteiger partial charge in [0.25, 0.3) is 5.91 Å². The highest BCUT2D eigenvalue weighted by atomic mass is 16.5. The van der Waals surface area contributed by atoms with E-state index in [1.165, 1.54) is 0 Å². The Morgan fingerprint density at radius 2 is 2.03 bits per heavy atom. The molecule has 7 heteroatoms. The Balaban J connectivity index is 1.60. The van der Waals surface area contributed by atoms with Crippen molar-refractivity contribution in [2.75, 3.05) is 6.61 Å². The summed E-state index contributed by atoms with van der Waals surface area (Å²) in [5.41, 5.74) is 2.67. The summed E-state index contributed by atoms with van der Waals surface area (Å²) in [6.45, 7) is 10.3. The zero-order chi connectivity index (χ0) is 21.4. The lowest BCUT2D eigenvalue weighted by Crippen LogP contribution is -2.27. The lowest BCUT2D eigenvalue weighted by molar-refractivity contribution is 0.0935. The molecule has 0 saturated heterocycles. The number of para-hydroxylation sites is 1. The van der Waals surface area contributed by atoms with E-state index in [0.29, 0.717) is 35.0 Å². The molecular formula is C23H26N4O3. The molecule has 4 rings (SSSR count). The number of hydrogen-bond donors (Lipinski definition) is 1. The van der Waals surface area contributed by atoms with Crippen LogP contribution in [0.5, 0.6) is 5.75 Å². The molecule has 1 amide bonds. The van der Waals surface area contributed by atoms with Crippen molar-refractivity contribution >= 4 is 27.9 Å². The minimum absolute atomic E-state index is 0.197. The SMILES string of the molecule is CCOc1cccc2cc(C(C)NC(=O)c3cc4cnn(C(C)C)c4nc3C)oc12. The summed E-state index contributed by atoms with van der Waals surface area (Å²) in [6.07, 6.45) is 1.75. The topological polar surface area (TPSA) is 82.2 Å². The zero-order valence-corrected chi connectivity index (χ0v) is 17.9. The van der Waals surface area contributed by atoms with Gasteiger partial charge in [-0.1, -0.05) is 12.1 Å². The van der Waals surface area contributed by atoms with Gasteiger partial charge >= 0.3 is 0 Å². The fourth-order valence-corrected chi connectivity index (χ4v) is 3.56. The smallest absolute Gasteiger partial charge is 0.253 e. The van der Waals surface area contributed by atoms with Crippen molar-refractivity contribution in [1.29, 1.82) is 0 Å². The number of carbonyl (C=O) groups excluding carboxylic acids is 1. The van der Waals surface area contributed by atoms with Crippen molar-refractivity contribution < 1.29 is 13.9 Å². The molecule has 0 radical (unpaired) electrons. The summed E-state index contributed by atoms with van der Waals surface area (Å²) in [5.74, 6) is 1.18. The summed E-state index contributed by atoms with van der Waals surface area (Å²) >= 11 is 0. The minimum atomic E-state index is -0.312. The first-order valence-corrected chi connectivity index (χ1v) is 10.2. The van der Waals surface area contributed by atoms with Crippen LogP contribution in [-0.4, -0.2) is 27.3 Å². The Morgan fingerprint density at radius 1 is 1.23 bits per heavy atom. The average Bonchev–Trinajstić information content (AvgIpc) is 3.32. The van der Waals surface area contributed by atoms with Crippen molar-refractivity contribution in [3.63, 3.8) is 0 Å². The lowest BCUT2D eigenvalue weighted by atomic mass is 10.1. The standard InChI is InChI=1S/C23H26N4O3/c1-6-29-19-9-7-8-16-11-20(30-21(16)19)15(5)26-23(28)18-10-17-12-24-27(13(2)3)22(17)25-14(18)4/h7-13,15H,6H2,1-5H3,(H,26,28). The summed E-state index contributed by atoms with van der Waals surface area (Å²) < 4.78 is 13.5. The van der Waals surface area contributed by atoms with Gasteiger partial charge in [0.2, 0.25) is 0 Å². The maximum absolute atomic E-state index is 13.0. The molecule has 156 valence electrons. The average molecular weight is 406 g/mol. The number of nitrogens with zero attached hydrogens (tertiary/aromatic N) is 3. The first-order chi connectivity index (χ1) is 14.4. The number of amides is 1. The van der Waals surface area contributed by atoms with Gasteiger partial charge in [-0.2, -0.15) is 5.10 Å². The van der Waals surface area contributed by atoms with Crippen LogP contribution in [0.15, 0.2) is 40.9 Å². The third-order valence-corrected chi connectivity index (χ3v) is 5.09. The van der Waals surface area contributed by atoms with Crippen molar-refractivity contribution in [3.8, 4) is 5.75 Å². The normalized spacial score (nSPS) is 12.6. The van der Waals surface area contributed by atoms with Crippen LogP contribution in [0.2, 0.25) is 0 Å². The molecule has 0 saturated carbocycles. The molecule has 3 aromatic heterocycles. The number of fused-ring (bicyclic) bond motifs is 2. The highest BCUT2D eigenvalue weighted by Crippen LogP contribution is 2.31. The van der Waals surface area contributed by atoms with Crippen LogP contribution in [0.4, 0.5) is 0 Å². The largest absolute Gasteiger partial charge is 0.490 e. The molecule has 3 heterocycles. The van der Waals surface area contributed by atoms with Crippen LogP contribution < -0.4 is 10.1 Å². The van der Waals surface area contributed by atoms with Gasteiger partial charge in [-0.15, -0.1) is 0 Å². The second-order valence-corrected chi connectivity index (χ2v) is 7.67. The quantitative estimate of drug-likeness (QED) is 0.490. The van der Waals surface area contributed by atoms with Gasteiger partial charge in [-0.05, 0) is 52.8 Å². The molecule has 0 bridgehead atoms. The van der Waals surface area contributed by atoms with Crippen molar-refractivity contribution in [2.24, 2.45) is 0 Å². The summed E-state index contributed by atoms with van der Waals surface area (Å²) in [6, 6.07) is 9.44. The molecular weight excluding hydrogens is 380 g/mol. The number of furan rings is 1. The molecule has 30 heavy (non-hydrogen) atoms. The molecule has 7 nitrogen and oxygen atoms in total. The van der Waals surface area contributed by atoms with Gasteiger partial charge in [0.05, 0.1) is 30.1 Å². The number of aromatic nitrogens is 3. The van der Waals surface area contributed by atoms with Crippen molar-refractivity contribution in [2.45, 2.75) is 46.7 Å². The van der Waals surface area contributed by atoms with Gasteiger partial charge in [0, 0.05) is 16.8 Å². The number of aryl methyl sites for hydroxylation is 1. The van der Waals surface area contributed by atoms with Crippen LogP contribution in [0.1, 0.15) is 61.6 Å². The molecule has 1 N–H and O–H groups in total. The zero-order valence-electron chi connectivity index (χ0n) is 17.9. The molecule has 0 aliphatic carbocycles. The minimum Gasteiger partial charge on any atom is -0.490 e. The summed E-state index contributed by atoms with van der Waals surface area (Å²) in [7, 11) is 0. The van der Waals surface area contributed by atoms with E-state index >= 15 is 0 Å². The molecule has 1 aromatic carbocycles. The van der Waals surface area contributed by atoms with Crippen molar-refractivity contribution in [3.05, 3.63) is 53.5 Å². The van der Waals surface area contributed by atoms with Crippen LogP contribution in [0, 0.1) is 6.92 Å². The van der Waals surface area contributed by atoms with E-state index in [1.807, 2.05) is 55.8 Å². The van der Waals surface area contributed by atoms with Gasteiger partial charge in [-0.3, -0.25) is 4.79 Å². The van der Waals surface area contributed by atoms with E-state index in [1.54, 1.807) is 6.20 Å². The molecule has 1 atom stereocenters. The van der Waals surface area contributed by atoms with Gasteiger partial charge < -0.3 is 14.5 Å². The Bertz CT molecular complexity index is 1220. The fraction of sp³-hybridized carbons (Fsp3) is 0.348. The fourth-order valence-electron chi connectivity index (χ4n) is 3.56. The number of carbonyl (C=O) groups is 1. The number of nitrogens with one attached hydrogen (secondary N) is 1. The third-order valence-electron chi connectivity index (χ3n) is 5.09. The first kappa shape index (κ1) is 19.9. The number of ether oxygens (including phenoxy) is 1. The maximum atomic E-state index is 13.0. The van der Waals surface area contributed by atoms with Gasteiger partial charge in [0.1, 0.15) is 5.76 Å². The maximum Gasteiger partial charge on any atom is 0.253 e. The number of rotatable bonds is 6. The number of hydrogen-bond acceptors (Lipinski definition) is 5. The molecule has 0 fully saturated rings. The van der Waals surface area contributed by atoms with Crippen LogP contribution in [-0.2, 0) is 0 Å². The van der Waals surface area contributed by atoms with Crippen LogP contribution >= 0.6 is 0 Å². The van der Waals surface area contributed by atoms with Gasteiger partial charge in [-0.25, -0.2) is 9.67 Å². The second-order valence-electron chi connectivity index (χ2n) is 7.67. The predicted octanol–water partition coefficient (Wildman–Crippen LogP) is 4.96. The molecule has 0 aliphatic rings. The Labute approximate surface area is 175 Å². The number of pyridine rings is 1. The van der Waals surface area contributed by atoms with E-state index in [-0.39, 0.29) is 18.0 Å². The predicted molar refractivity (Wildman–Crippen MR) is 116 cm³/mol. The highest BCUT2D eigenvalue weighted by molar-refractivity contribution is 5.98. The molecule has 1 unspecified atom stereocenters. The van der Waals surface area contributed by atoms with Crippen LogP contribution in [0.3, 0.4) is 0 Å². The Hall–Kier alpha value is -3.35. The van der Waals surface area contributed by atoms with E-state index in [4.69, 9.17) is 9.15 Å². The lowest BCUT2D eigenvalue weighted by Gasteiger charge is -2.13. The Kier molecular flexibility index (Phi) is 5.20. The summed E-state index contributed by atoms with van der Waals surface area (Å²) in [5, 5.41) is 9.19. The van der Waals surface area contributed by atoms with E-state index in [9.17, 15) is 4.79 Å². The molecule has 4 aromatic rings. The van der Waals surface area contributed by atoms with Gasteiger partial charge in [0.15, 0.2) is 17.0 Å². The highest BCUT2D eigenvalue weighted by Gasteiger charge is 2.20. The summed E-state index contributed by atoms with van der Waals surface area (Å²) in [4.78, 5) is 17.6. The Morgan fingerprint density at radius 3 is 2.77 bits per heavy atom. The molecule has 0 aliphatic heterocycles. The second kappa shape index (κ2) is 7.82. The van der Waals surface area contributed by atoms with Crippen LogP contribution in [0.25, 0.3) is 22.0 Å². The monoisotopic (exact) mass is 406 g/mol. The first-order valence-electron chi connectivity index (χ1n) is 10.2. The third kappa shape index (κ3) is 3.51. The van der Waals surface area contributed by atoms with E-state index < -0.39 is 0 Å².